The molecular formula is C27H33ClN2O3. The summed E-state index contributed by atoms with van der Waals surface area (Å²) >= 11 is 6.19. The molecule has 0 saturated heterocycles. The smallest absolute Gasteiger partial charge is 0.337 e. The molecule has 0 bridgehead atoms. The number of hydrogen-bond donors (Lipinski definition) is 1. The third-order valence-electron chi connectivity index (χ3n) is 6.74. The van der Waals surface area contributed by atoms with Crippen LogP contribution in [0.15, 0.2) is 24.3 Å². The van der Waals surface area contributed by atoms with E-state index in [1.807, 2.05) is 52.0 Å². The number of carboxylic acid groups (broad SMARTS) is 1. The van der Waals surface area contributed by atoms with Crippen molar-refractivity contribution in [3.63, 3.8) is 0 Å². The Morgan fingerprint density at radius 2 is 1.85 bits per heavy atom. The second-order valence-corrected chi connectivity index (χ2v) is 10.7. The number of halogens is 1. The molecule has 1 aliphatic carbocycles. The average Bonchev–Trinajstić information content (AvgIpc) is 2.92. The number of aliphatic carboxylic acids is 1. The Balaban J connectivity index is 2.06. The lowest BCUT2D eigenvalue weighted by Gasteiger charge is -2.28. The van der Waals surface area contributed by atoms with Crippen LogP contribution >= 0.6 is 11.6 Å². The molecule has 1 N–H and O–H groups in total. The highest BCUT2D eigenvalue weighted by Gasteiger charge is 2.34. The van der Waals surface area contributed by atoms with Crippen LogP contribution in [0.25, 0.3) is 22.2 Å². The Morgan fingerprint density at radius 1 is 1.21 bits per heavy atom. The van der Waals surface area contributed by atoms with E-state index in [4.69, 9.17) is 21.3 Å². The molecule has 33 heavy (non-hydrogen) atoms. The van der Waals surface area contributed by atoms with E-state index < -0.39 is 17.7 Å². The SMILES string of the molecule is Cc1nc2c(c(C)c(C)n2CC2CCC2)c(-c2ccc(Cl)cc2)c1[C@H](OC(C)(C)C)C(=O)O. The molecule has 1 aromatic carbocycles. The number of benzene rings is 1. The summed E-state index contributed by atoms with van der Waals surface area (Å²) in [5.41, 5.74) is 5.66. The first-order valence-corrected chi connectivity index (χ1v) is 12.0. The van der Waals surface area contributed by atoms with Crippen LogP contribution < -0.4 is 0 Å². The van der Waals surface area contributed by atoms with E-state index in [1.165, 1.54) is 25.0 Å². The summed E-state index contributed by atoms with van der Waals surface area (Å²) in [6, 6.07) is 7.59. The molecule has 0 aliphatic heterocycles. The maximum Gasteiger partial charge on any atom is 0.337 e. The summed E-state index contributed by atoms with van der Waals surface area (Å²) in [6.07, 6.45) is 2.65. The average molecular weight is 469 g/mol. The molecule has 6 heteroatoms. The quantitative estimate of drug-likeness (QED) is 0.422. The summed E-state index contributed by atoms with van der Waals surface area (Å²) in [4.78, 5) is 17.5. The predicted octanol–water partition coefficient (Wildman–Crippen LogP) is 7.02. The fourth-order valence-corrected chi connectivity index (χ4v) is 4.90. The van der Waals surface area contributed by atoms with Crippen LogP contribution in [-0.4, -0.2) is 26.2 Å². The Bertz CT molecular complexity index is 1200. The third kappa shape index (κ3) is 4.53. The fourth-order valence-electron chi connectivity index (χ4n) is 4.78. The molecule has 1 atom stereocenters. The van der Waals surface area contributed by atoms with Gasteiger partial charge in [0, 0.05) is 39.5 Å². The van der Waals surface area contributed by atoms with Crippen molar-refractivity contribution < 1.29 is 14.6 Å². The molecule has 0 spiro atoms. The van der Waals surface area contributed by atoms with Crippen molar-refractivity contribution in [3.05, 3.63) is 51.8 Å². The molecule has 3 aromatic rings. The minimum absolute atomic E-state index is 0.608. The summed E-state index contributed by atoms with van der Waals surface area (Å²) in [6.45, 7) is 12.7. The summed E-state index contributed by atoms with van der Waals surface area (Å²) < 4.78 is 8.42. The first-order chi connectivity index (χ1) is 15.5. The Kier molecular flexibility index (Phi) is 6.32. The zero-order valence-corrected chi connectivity index (χ0v) is 21.1. The van der Waals surface area contributed by atoms with Gasteiger partial charge in [-0.3, -0.25) is 0 Å². The topological polar surface area (TPSA) is 64.4 Å². The van der Waals surface area contributed by atoms with Crippen LogP contribution in [0, 0.1) is 26.7 Å². The van der Waals surface area contributed by atoms with Gasteiger partial charge in [0.15, 0.2) is 6.10 Å². The van der Waals surface area contributed by atoms with Crippen molar-refractivity contribution in [2.24, 2.45) is 5.92 Å². The van der Waals surface area contributed by atoms with Crippen molar-refractivity contribution in [2.45, 2.75) is 79.1 Å². The van der Waals surface area contributed by atoms with E-state index in [1.54, 1.807) is 0 Å². The van der Waals surface area contributed by atoms with Gasteiger partial charge in [-0.05, 0) is 83.6 Å². The van der Waals surface area contributed by atoms with Crippen molar-refractivity contribution in [1.82, 2.24) is 9.55 Å². The van der Waals surface area contributed by atoms with Gasteiger partial charge >= 0.3 is 5.97 Å². The second-order valence-electron chi connectivity index (χ2n) is 10.3. The third-order valence-corrected chi connectivity index (χ3v) is 6.99. The van der Waals surface area contributed by atoms with Crippen LogP contribution in [0.3, 0.4) is 0 Å². The van der Waals surface area contributed by atoms with Crippen molar-refractivity contribution >= 4 is 28.6 Å². The van der Waals surface area contributed by atoms with Gasteiger partial charge in [0.2, 0.25) is 0 Å². The zero-order chi connectivity index (χ0) is 24.1. The van der Waals surface area contributed by atoms with Crippen LogP contribution in [0.4, 0.5) is 0 Å². The summed E-state index contributed by atoms with van der Waals surface area (Å²) in [5.74, 6) is -0.344. The molecular weight excluding hydrogens is 436 g/mol. The minimum atomic E-state index is -1.14. The maximum absolute atomic E-state index is 12.5. The van der Waals surface area contributed by atoms with Gasteiger partial charge in [0.25, 0.3) is 0 Å². The number of fused-ring (bicyclic) bond motifs is 1. The highest BCUT2D eigenvalue weighted by molar-refractivity contribution is 6.30. The number of carboxylic acids is 1. The highest BCUT2D eigenvalue weighted by Crippen LogP contribution is 2.43. The zero-order valence-electron chi connectivity index (χ0n) is 20.3. The standard InChI is InChI=1S/C27H33ClN2O3/c1-15-17(3)30(14-18-8-7-9-18)25-21(15)23(19-10-12-20(28)13-11-19)22(16(2)29-25)24(26(31)32)33-27(4,5)6/h10-13,18,24H,7-9,14H2,1-6H3,(H,31,32)/t24-/m0/s1. The number of aryl methyl sites for hydroxylation is 2. The Labute approximate surface area is 200 Å². The van der Waals surface area contributed by atoms with E-state index in [2.05, 4.69) is 18.4 Å². The molecule has 2 heterocycles. The summed E-state index contributed by atoms with van der Waals surface area (Å²) in [7, 11) is 0. The van der Waals surface area contributed by atoms with Crippen molar-refractivity contribution in [3.8, 4) is 11.1 Å². The molecule has 4 rings (SSSR count). The van der Waals surface area contributed by atoms with Gasteiger partial charge in [-0.2, -0.15) is 0 Å². The van der Waals surface area contributed by atoms with Crippen LogP contribution in [0.2, 0.25) is 5.02 Å². The van der Waals surface area contributed by atoms with E-state index in [9.17, 15) is 9.90 Å². The summed E-state index contributed by atoms with van der Waals surface area (Å²) in [5, 5.41) is 11.8. The van der Waals surface area contributed by atoms with Gasteiger partial charge in [0.1, 0.15) is 5.65 Å². The molecule has 1 fully saturated rings. The first-order valence-electron chi connectivity index (χ1n) is 11.6. The molecule has 0 unspecified atom stereocenters. The number of carbonyl (C=O) groups is 1. The lowest BCUT2D eigenvalue weighted by Crippen LogP contribution is -2.28. The Hall–Kier alpha value is -2.37. The molecule has 176 valence electrons. The number of aromatic nitrogens is 2. The van der Waals surface area contributed by atoms with Crippen molar-refractivity contribution in [2.75, 3.05) is 0 Å². The Morgan fingerprint density at radius 3 is 2.36 bits per heavy atom. The molecule has 1 aliphatic rings. The van der Waals surface area contributed by atoms with Gasteiger partial charge in [-0.15, -0.1) is 0 Å². The maximum atomic E-state index is 12.5. The molecule has 2 aromatic heterocycles. The normalized spacial score (nSPS) is 15.6. The second kappa shape index (κ2) is 8.77. The predicted molar refractivity (Wildman–Crippen MR) is 133 cm³/mol. The number of rotatable bonds is 6. The highest BCUT2D eigenvalue weighted by atomic mass is 35.5. The monoisotopic (exact) mass is 468 g/mol. The van der Waals surface area contributed by atoms with Gasteiger partial charge in [-0.1, -0.05) is 30.2 Å². The van der Waals surface area contributed by atoms with E-state index in [0.29, 0.717) is 22.2 Å². The molecule has 0 radical (unpaired) electrons. The minimum Gasteiger partial charge on any atom is -0.479 e. The lowest BCUT2D eigenvalue weighted by atomic mass is 9.85. The molecule has 0 amide bonds. The van der Waals surface area contributed by atoms with E-state index in [-0.39, 0.29) is 0 Å². The fraction of sp³-hybridized carbons (Fsp3) is 0.481. The first kappa shape index (κ1) is 23.8. The number of pyridine rings is 1. The van der Waals surface area contributed by atoms with E-state index >= 15 is 0 Å². The molecule has 1 saturated carbocycles. The van der Waals surface area contributed by atoms with Gasteiger partial charge in [-0.25, -0.2) is 9.78 Å². The van der Waals surface area contributed by atoms with Gasteiger partial charge in [0.05, 0.1) is 5.60 Å². The van der Waals surface area contributed by atoms with Crippen LogP contribution in [-0.2, 0) is 16.1 Å². The largest absolute Gasteiger partial charge is 0.479 e. The van der Waals surface area contributed by atoms with Crippen LogP contribution in [0.5, 0.6) is 0 Å². The van der Waals surface area contributed by atoms with Crippen molar-refractivity contribution in [1.29, 1.82) is 0 Å². The number of hydrogen-bond acceptors (Lipinski definition) is 3. The number of nitrogens with zero attached hydrogens (tertiary/aromatic N) is 2. The van der Waals surface area contributed by atoms with Gasteiger partial charge < -0.3 is 14.4 Å². The van der Waals surface area contributed by atoms with E-state index in [0.717, 1.165) is 34.3 Å². The number of ether oxygens (including phenoxy) is 1. The lowest BCUT2D eigenvalue weighted by molar-refractivity contribution is -0.160. The van der Waals surface area contributed by atoms with Crippen LogP contribution in [0.1, 0.15) is 68.7 Å². The molecule has 5 nitrogen and oxygen atoms in total.